The molecular formula is C58H67N3. The average Bonchev–Trinajstić information content (AvgIpc) is 3.43. The molecule has 7 rings (SSSR count). The highest BCUT2D eigenvalue weighted by atomic mass is 14.5. The van der Waals surface area contributed by atoms with Gasteiger partial charge in [-0.3, -0.25) is 10.8 Å². The average molecular weight is 806 g/mol. The van der Waals surface area contributed by atoms with E-state index < -0.39 is 0 Å². The summed E-state index contributed by atoms with van der Waals surface area (Å²) in [5.41, 5.74) is 24.5. The van der Waals surface area contributed by atoms with Gasteiger partial charge in [0.25, 0.3) is 0 Å². The molecule has 0 aromatic heterocycles. The van der Waals surface area contributed by atoms with Crippen molar-refractivity contribution in [2.24, 2.45) is 5.41 Å². The van der Waals surface area contributed by atoms with Crippen LogP contribution < -0.4 is 5.73 Å². The number of rotatable bonds is 5. The van der Waals surface area contributed by atoms with Gasteiger partial charge in [0.1, 0.15) is 0 Å². The zero-order chi connectivity index (χ0) is 44.5. The van der Waals surface area contributed by atoms with Crippen LogP contribution >= 0.6 is 0 Å². The van der Waals surface area contributed by atoms with Gasteiger partial charge in [-0.25, -0.2) is 0 Å². The molecule has 61 heavy (non-hydrogen) atoms. The van der Waals surface area contributed by atoms with Crippen LogP contribution in [-0.2, 0) is 16.2 Å². The van der Waals surface area contributed by atoms with Crippen LogP contribution in [0.25, 0.3) is 33.4 Å². The van der Waals surface area contributed by atoms with Crippen LogP contribution in [0.2, 0.25) is 0 Å². The van der Waals surface area contributed by atoms with Gasteiger partial charge < -0.3 is 5.73 Å². The minimum atomic E-state index is 0.0122. The smallest absolute Gasteiger partial charge is 0.0867 e. The topological polar surface area (TPSA) is 73.7 Å². The molecule has 3 heteroatoms. The molecule has 0 bridgehead atoms. The molecule has 2 aliphatic rings. The third-order valence-electron chi connectivity index (χ3n) is 11.6. The first kappa shape index (κ1) is 44.7. The Balaban J connectivity index is 0.000000205. The highest BCUT2D eigenvalue weighted by molar-refractivity contribution is 6.53. The maximum atomic E-state index is 8.45. The molecule has 0 radical (unpaired) electrons. The van der Waals surface area contributed by atoms with Crippen molar-refractivity contribution in [1.82, 2.24) is 0 Å². The summed E-state index contributed by atoms with van der Waals surface area (Å²) in [6.07, 6.45) is 13.2. The molecule has 4 N–H and O–H groups in total. The summed E-state index contributed by atoms with van der Waals surface area (Å²) in [6, 6.07) is 38.7. The summed E-state index contributed by atoms with van der Waals surface area (Å²) in [6.45, 7) is 27.1. The van der Waals surface area contributed by atoms with Crippen LogP contribution in [0.4, 0.5) is 5.69 Å². The minimum Gasteiger partial charge on any atom is -0.399 e. The summed E-state index contributed by atoms with van der Waals surface area (Å²) in [7, 11) is 0. The van der Waals surface area contributed by atoms with E-state index in [0.717, 1.165) is 46.4 Å². The van der Waals surface area contributed by atoms with Crippen molar-refractivity contribution in [3.8, 4) is 22.3 Å². The predicted octanol–water partition coefficient (Wildman–Crippen LogP) is 15.7. The number of anilines is 1. The summed E-state index contributed by atoms with van der Waals surface area (Å²) in [5, 5.41) is 16.9. The van der Waals surface area contributed by atoms with Crippen LogP contribution in [0, 0.1) is 16.2 Å². The second kappa shape index (κ2) is 17.3. The third-order valence-corrected chi connectivity index (χ3v) is 11.6. The predicted molar refractivity (Wildman–Crippen MR) is 266 cm³/mol. The van der Waals surface area contributed by atoms with Gasteiger partial charge in [0.15, 0.2) is 0 Å². The first-order valence-corrected chi connectivity index (χ1v) is 21.8. The number of nitrogen functional groups attached to an aromatic ring is 1. The largest absolute Gasteiger partial charge is 0.399 e. The number of hydrogen-bond donors (Lipinski definition) is 3. The second-order valence-electron chi connectivity index (χ2n) is 21.1. The van der Waals surface area contributed by atoms with E-state index in [9.17, 15) is 0 Å². The summed E-state index contributed by atoms with van der Waals surface area (Å²) >= 11 is 0. The summed E-state index contributed by atoms with van der Waals surface area (Å²) in [5.74, 6) is 0. The molecule has 0 atom stereocenters. The zero-order valence-electron chi connectivity index (χ0n) is 38.8. The number of allylic oxidation sites excluding steroid dienone is 7. The molecule has 0 saturated carbocycles. The van der Waals surface area contributed by atoms with E-state index in [-0.39, 0.29) is 27.7 Å². The van der Waals surface area contributed by atoms with E-state index in [1.807, 2.05) is 36.4 Å². The Hall–Kier alpha value is -5.80. The van der Waals surface area contributed by atoms with Gasteiger partial charge in [0, 0.05) is 11.3 Å². The molecule has 0 aliphatic heterocycles. The monoisotopic (exact) mass is 806 g/mol. The molecule has 3 nitrogen and oxygen atoms in total. The molecule has 5 aromatic carbocycles. The quantitative estimate of drug-likeness (QED) is 0.152. The fourth-order valence-electron chi connectivity index (χ4n) is 8.01. The molecule has 0 spiro atoms. The molecule has 0 saturated heterocycles. The first-order chi connectivity index (χ1) is 28.5. The van der Waals surface area contributed by atoms with E-state index >= 15 is 0 Å². The number of benzene rings is 5. The fourth-order valence-corrected chi connectivity index (χ4v) is 8.01. The van der Waals surface area contributed by atoms with Crippen LogP contribution in [0.5, 0.6) is 0 Å². The number of nitrogens with two attached hydrogens (primary N) is 1. The van der Waals surface area contributed by atoms with Crippen LogP contribution in [0.15, 0.2) is 145 Å². The van der Waals surface area contributed by atoms with E-state index in [1.54, 1.807) is 0 Å². The number of hydrogen-bond acceptors (Lipinski definition) is 3. The highest BCUT2D eigenvalue weighted by Gasteiger charge is 2.25. The standard InChI is InChI=1S/C30H32N2.C28H35N/c1-29(2,3)20-13-11-19(12-14-20)22-16-15-21(30(4,5)6)17-25(22)26-18-27(31)28(32)24-10-8-7-9-23(24)26;1-27(2,3)19-20-8-7-9-21(11-10-20)25-17-14-23(28(4,5)6)18-26(25)22-12-15-24(29)16-13-22/h7-18,31-32H,1-6H3;8-18H,7,19,29H2,1-6H3. The van der Waals surface area contributed by atoms with E-state index in [2.05, 4.69) is 186 Å². The van der Waals surface area contributed by atoms with Gasteiger partial charge in [-0.2, -0.15) is 0 Å². The van der Waals surface area contributed by atoms with Crippen LogP contribution in [0.1, 0.15) is 135 Å². The molecular weight excluding hydrogens is 739 g/mol. The molecule has 0 heterocycles. The van der Waals surface area contributed by atoms with Crippen molar-refractivity contribution in [3.63, 3.8) is 0 Å². The Kier molecular flexibility index (Phi) is 12.7. The Labute approximate surface area is 367 Å². The van der Waals surface area contributed by atoms with Crippen molar-refractivity contribution in [2.75, 3.05) is 5.73 Å². The van der Waals surface area contributed by atoms with Crippen molar-refractivity contribution in [2.45, 2.75) is 112 Å². The normalized spacial score (nSPS) is 14.6. The SMILES string of the molecule is CC(C)(C)CC1=CCC=C(c2ccc(C(C)(C)C)cc2-c2ccc(N)cc2)C=C1.CC(C)(C)c1ccc(-c2ccc(C(C)(C)C)cc2C2=CC(=N)C(=N)c3ccccc32)cc1. The van der Waals surface area contributed by atoms with Crippen LogP contribution in [0.3, 0.4) is 0 Å². The van der Waals surface area contributed by atoms with Crippen molar-refractivity contribution in [1.29, 1.82) is 10.8 Å². The Morgan fingerprint density at radius 1 is 0.492 bits per heavy atom. The van der Waals surface area contributed by atoms with Gasteiger partial charge in [-0.1, -0.05) is 204 Å². The van der Waals surface area contributed by atoms with Crippen molar-refractivity contribution >= 4 is 28.3 Å². The van der Waals surface area contributed by atoms with Gasteiger partial charge in [0.2, 0.25) is 0 Å². The Morgan fingerprint density at radius 3 is 1.57 bits per heavy atom. The molecule has 0 fully saturated rings. The third kappa shape index (κ3) is 10.8. The van der Waals surface area contributed by atoms with E-state index in [4.69, 9.17) is 16.6 Å². The number of fused-ring (bicyclic) bond motifs is 1. The van der Waals surface area contributed by atoms with Crippen molar-refractivity contribution in [3.05, 3.63) is 184 Å². The lowest BCUT2D eigenvalue weighted by atomic mass is 9.78. The first-order valence-electron chi connectivity index (χ1n) is 21.8. The second-order valence-corrected chi connectivity index (χ2v) is 21.1. The maximum Gasteiger partial charge on any atom is 0.0867 e. The lowest BCUT2D eigenvalue weighted by molar-refractivity contribution is 0.413. The number of nitrogens with one attached hydrogen (secondary N) is 2. The lowest BCUT2D eigenvalue weighted by Gasteiger charge is -2.25. The molecule has 0 amide bonds. The van der Waals surface area contributed by atoms with Gasteiger partial charge >= 0.3 is 0 Å². The lowest BCUT2D eigenvalue weighted by Crippen LogP contribution is -2.19. The molecule has 314 valence electrons. The fraction of sp³-hybridized carbons (Fsp3) is 0.310. The molecule has 2 aliphatic carbocycles. The summed E-state index contributed by atoms with van der Waals surface area (Å²) in [4.78, 5) is 0. The maximum absolute atomic E-state index is 8.45. The van der Waals surface area contributed by atoms with E-state index in [0.29, 0.717) is 5.41 Å². The van der Waals surface area contributed by atoms with Crippen molar-refractivity contribution < 1.29 is 0 Å². The zero-order valence-corrected chi connectivity index (χ0v) is 38.8. The highest BCUT2D eigenvalue weighted by Crippen LogP contribution is 2.40. The van der Waals surface area contributed by atoms with Crippen LogP contribution in [-0.4, -0.2) is 11.4 Å². The summed E-state index contributed by atoms with van der Waals surface area (Å²) < 4.78 is 0. The Morgan fingerprint density at radius 2 is 1.00 bits per heavy atom. The van der Waals surface area contributed by atoms with Gasteiger partial charge in [-0.05, 0) is 126 Å². The molecule has 5 aromatic rings. The minimum absolute atomic E-state index is 0.0122. The van der Waals surface area contributed by atoms with E-state index in [1.165, 1.54) is 50.1 Å². The Bertz CT molecular complexity index is 2560. The van der Waals surface area contributed by atoms with Gasteiger partial charge in [-0.15, -0.1) is 0 Å². The molecule has 0 unspecified atom stereocenters. The van der Waals surface area contributed by atoms with Gasteiger partial charge in [0.05, 0.1) is 11.4 Å².